The topological polar surface area (TPSA) is 29.1 Å². The van der Waals surface area contributed by atoms with Crippen molar-refractivity contribution in [3.63, 3.8) is 0 Å². The molecule has 0 spiro atoms. The average Bonchev–Trinajstić information content (AvgIpc) is 2.44. The molecule has 0 saturated heterocycles. The maximum Gasteiger partial charge on any atom is 0.149 e. The maximum atomic E-state index is 11.0. The van der Waals surface area contributed by atoms with Crippen molar-refractivity contribution in [2.75, 3.05) is 6.54 Å². The van der Waals surface area contributed by atoms with Crippen LogP contribution in [0.4, 0.5) is 0 Å². The molecule has 0 aromatic heterocycles. The van der Waals surface area contributed by atoms with Gasteiger partial charge in [0.2, 0.25) is 0 Å². The highest BCUT2D eigenvalue weighted by molar-refractivity contribution is 5.82. The number of nitrogens with one attached hydrogen (secondary N) is 1. The smallest absolute Gasteiger partial charge is 0.149 e. The Morgan fingerprint density at radius 3 is 2.00 bits per heavy atom. The predicted molar refractivity (Wildman–Crippen MR) is 95.7 cm³/mol. The van der Waals surface area contributed by atoms with Crippen LogP contribution >= 0.6 is 0 Å². The van der Waals surface area contributed by atoms with Crippen LogP contribution in [0.5, 0.6) is 0 Å². The van der Waals surface area contributed by atoms with Crippen LogP contribution in [0.1, 0.15) is 75.2 Å². The molecule has 21 heavy (non-hydrogen) atoms. The van der Waals surface area contributed by atoms with E-state index in [4.69, 9.17) is 0 Å². The van der Waals surface area contributed by atoms with Crippen molar-refractivity contribution in [1.29, 1.82) is 0 Å². The van der Waals surface area contributed by atoms with Gasteiger partial charge < -0.3 is 5.32 Å². The van der Waals surface area contributed by atoms with Crippen LogP contribution in [0.25, 0.3) is 0 Å². The van der Waals surface area contributed by atoms with Crippen molar-refractivity contribution in [3.05, 3.63) is 22.8 Å². The van der Waals surface area contributed by atoms with E-state index in [1.807, 2.05) is 41.5 Å². The molecule has 0 aromatic rings. The Morgan fingerprint density at radius 1 is 1.14 bits per heavy atom. The van der Waals surface area contributed by atoms with Gasteiger partial charge in [-0.2, -0.15) is 0 Å². The Bertz CT molecular complexity index is 349. The number of rotatable bonds is 4. The van der Waals surface area contributed by atoms with Crippen molar-refractivity contribution in [2.24, 2.45) is 5.92 Å². The molecule has 0 amide bonds. The maximum absolute atomic E-state index is 11.0. The van der Waals surface area contributed by atoms with Gasteiger partial charge in [0.05, 0.1) is 6.54 Å². The van der Waals surface area contributed by atoms with Gasteiger partial charge in [0.1, 0.15) is 5.78 Å². The molecule has 2 nitrogen and oxygen atoms in total. The van der Waals surface area contributed by atoms with Crippen molar-refractivity contribution >= 4 is 5.78 Å². The van der Waals surface area contributed by atoms with E-state index in [1.54, 1.807) is 5.57 Å². The van der Waals surface area contributed by atoms with Gasteiger partial charge in [0.15, 0.2) is 0 Å². The number of carbonyl (C=O) groups excluding carboxylic acids is 1. The van der Waals surface area contributed by atoms with Crippen molar-refractivity contribution < 1.29 is 4.79 Å². The number of hydrogen-bond donors (Lipinski definition) is 1. The second kappa shape index (κ2) is 12.8. The van der Waals surface area contributed by atoms with E-state index in [0.717, 1.165) is 0 Å². The van der Waals surface area contributed by atoms with Crippen molar-refractivity contribution in [2.45, 2.75) is 81.2 Å². The zero-order chi connectivity index (χ0) is 17.0. The van der Waals surface area contributed by atoms with Crippen LogP contribution in [0.3, 0.4) is 0 Å². The summed E-state index contributed by atoms with van der Waals surface area (Å²) in [6, 6.07) is 0.405. The molecule has 0 bridgehead atoms. The third-order valence-electron chi connectivity index (χ3n) is 3.53. The van der Waals surface area contributed by atoms with Crippen LogP contribution in [-0.4, -0.2) is 18.4 Å². The number of carbonyl (C=O) groups is 1. The van der Waals surface area contributed by atoms with E-state index in [9.17, 15) is 4.79 Å². The van der Waals surface area contributed by atoms with Gasteiger partial charge in [-0.3, -0.25) is 4.79 Å². The summed E-state index contributed by atoms with van der Waals surface area (Å²) in [6.45, 7) is 19.1. The molecule has 0 unspecified atom stereocenters. The van der Waals surface area contributed by atoms with E-state index in [0.29, 0.717) is 12.6 Å². The molecule has 0 heterocycles. The van der Waals surface area contributed by atoms with Crippen LogP contribution < -0.4 is 5.32 Å². The van der Waals surface area contributed by atoms with Gasteiger partial charge in [-0.25, -0.2) is 0 Å². The van der Waals surface area contributed by atoms with Gasteiger partial charge in [0.25, 0.3) is 0 Å². The fourth-order valence-corrected chi connectivity index (χ4v) is 1.69. The summed E-state index contributed by atoms with van der Waals surface area (Å²) in [5, 5.41) is 3.08. The standard InChI is InChI=1S/C9H14.C8H17NO.C2H6/c1-7-5-4-6-8(2)9(7)3;1-6(2)8(10)5-9-7(3)4;1-2/h5H,4,6H2,1-3H3;6-7,9H,5H2,1-4H3;1-2H3. The molecule has 0 aliphatic heterocycles. The lowest BCUT2D eigenvalue weighted by Crippen LogP contribution is -2.31. The van der Waals surface area contributed by atoms with Gasteiger partial charge >= 0.3 is 0 Å². The number of allylic oxidation sites excluding steroid dienone is 4. The minimum absolute atomic E-state index is 0.159. The SMILES string of the molecule is CC.CC(C)NCC(=O)C(C)C.CC1=CCCC(C)=C1C. The first-order chi connectivity index (χ1) is 9.75. The van der Waals surface area contributed by atoms with E-state index >= 15 is 0 Å². The Hall–Kier alpha value is -0.890. The highest BCUT2D eigenvalue weighted by Gasteiger charge is 2.06. The predicted octanol–water partition coefficient (Wildman–Crippen LogP) is 5.30. The lowest BCUT2D eigenvalue weighted by atomic mass is 9.94. The quantitative estimate of drug-likeness (QED) is 0.762. The molecule has 0 fully saturated rings. The summed E-state index contributed by atoms with van der Waals surface area (Å²) in [6.07, 6.45) is 4.83. The largest absolute Gasteiger partial charge is 0.308 e. The van der Waals surface area contributed by atoms with E-state index < -0.39 is 0 Å². The summed E-state index contributed by atoms with van der Waals surface area (Å²) in [5.41, 5.74) is 4.54. The average molecular weight is 296 g/mol. The fourth-order valence-electron chi connectivity index (χ4n) is 1.69. The Morgan fingerprint density at radius 2 is 1.67 bits per heavy atom. The summed E-state index contributed by atoms with van der Waals surface area (Å²) in [4.78, 5) is 11.0. The number of Topliss-reactive ketones (excluding diaryl/α,β-unsaturated/α-hetero) is 1. The Kier molecular flexibility index (Phi) is 13.7. The minimum atomic E-state index is 0.159. The molecule has 0 atom stereocenters. The van der Waals surface area contributed by atoms with E-state index in [1.165, 1.54) is 24.0 Å². The van der Waals surface area contributed by atoms with Crippen LogP contribution in [0.15, 0.2) is 22.8 Å². The Balaban J connectivity index is 0. The zero-order valence-electron chi connectivity index (χ0n) is 15.8. The summed E-state index contributed by atoms with van der Waals surface area (Å²) in [5.74, 6) is 0.444. The Labute approximate surface area is 133 Å². The summed E-state index contributed by atoms with van der Waals surface area (Å²) >= 11 is 0. The second-order valence-electron chi connectivity index (χ2n) is 5.99. The van der Waals surface area contributed by atoms with Gasteiger partial charge in [-0.1, -0.05) is 58.8 Å². The first-order valence-electron chi connectivity index (χ1n) is 8.35. The normalized spacial score (nSPS) is 14.1. The lowest BCUT2D eigenvalue weighted by Gasteiger charge is -2.12. The molecule has 1 N–H and O–H groups in total. The zero-order valence-corrected chi connectivity index (χ0v) is 15.8. The molecule has 1 aliphatic rings. The molecule has 0 radical (unpaired) electrons. The summed E-state index contributed by atoms with van der Waals surface area (Å²) < 4.78 is 0. The molecule has 0 saturated carbocycles. The van der Waals surface area contributed by atoms with Gasteiger partial charge in [0, 0.05) is 12.0 Å². The van der Waals surface area contributed by atoms with Gasteiger partial charge in [-0.05, 0) is 39.2 Å². The molecule has 0 aromatic carbocycles. The fraction of sp³-hybridized carbons (Fsp3) is 0.737. The van der Waals surface area contributed by atoms with Crippen LogP contribution in [0, 0.1) is 5.92 Å². The van der Waals surface area contributed by atoms with Crippen LogP contribution in [0.2, 0.25) is 0 Å². The van der Waals surface area contributed by atoms with Gasteiger partial charge in [-0.15, -0.1) is 0 Å². The lowest BCUT2D eigenvalue weighted by molar-refractivity contribution is -0.121. The summed E-state index contributed by atoms with van der Waals surface area (Å²) in [7, 11) is 0. The molecule has 124 valence electrons. The van der Waals surface area contributed by atoms with Crippen molar-refractivity contribution in [3.8, 4) is 0 Å². The second-order valence-corrected chi connectivity index (χ2v) is 5.99. The third kappa shape index (κ3) is 11.4. The molecule has 1 aliphatic carbocycles. The monoisotopic (exact) mass is 295 g/mol. The van der Waals surface area contributed by atoms with Crippen molar-refractivity contribution in [1.82, 2.24) is 5.32 Å². The van der Waals surface area contributed by atoms with E-state index in [-0.39, 0.29) is 11.7 Å². The minimum Gasteiger partial charge on any atom is -0.308 e. The molecule has 2 heteroatoms. The first-order valence-corrected chi connectivity index (χ1v) is 8.35. The van der Waals surface area contributed by atoms with E-state index in [2.05, 4.69) is 32.2 Å². The molecule has 1 rings (SSSR count). The number of ketones is 1. The third-order valence-corrected chi connectivity index (χ3v) is 3.53. The highest BCUT2D eigenvalue weighted by atomic mass is 16.1. The van der Waals surface area contributed by atoms with Crippen LogP contribution in [-0.2, 0) is 4.79 Å². The highest BCUT2D eigenvalue weighted by Crippen LogP contribution is 2.23. The molecular weight excluding hydrogens is 258 g/mol. The first kappa shape index (κ1) is 22.4. The number of hydrogen-bond acceptors (Lipinski definition) is 2. The molecular formula is C19H37NO.